The van der Waals surface area contributed by atoms with E-state index in [1.165, 1.54) is 18.3 Å². The number of nitrogen functional groups attached to an aromatic ring is 1. The summed E-state index contributed by atoms with van der Waals surface area (Å²) in [6.45, 7) is 0.105. The van der Waals surface area contributed by atoms with Gasteiger partial charge >= 0.3 is 6.03 Å². The summed E-state index contributed by atoms with van der Waals surface area (Å²) in [5, 5.41) is 2.25. The number of nitrogens with one attached hydrogen (secondary N) is 2. The smallest absolute Gasteiger partial charge is 0.312 e. The van der Waals surface area contributed by atoms with Crippen molar-refractivity contribution in [1.29, 1.82) is 0 Å². The first-order chi connectivity index (χ1) is 7.93. The Morgan fingerprint density at radius 1 is 1.41 bits per heavy atom. The maximum absolute atomic E-state index is 11.7. The lowest BCUT2D eigenvalue weighted by Crippen LogP contribution is -2.37. The van der Waals surface area contributed by atoms with Crippen LogP contribution in [-0.4, -0.2) is 32.5 Å². The van der Waals surface area contributed by atoms with Gasteiger partial charge in [-0.15, -0.1) is 0 Å². The molecule has 0 saturated heterocycles. The predicted octanol–water partition coefficient (Wildman–Crippen LogP) is -1.39. The van der Waals surface area contributed by atoms with Gasteiger partial charge in [-0.3, -0.25) is 0 Å². The minimum atomic E-state index is -3.72. The zero-order valence-electron chi connectivity index (χ0n) is 8.88. The summed E-state index contributed by atoms with van der Waals surface area (Å²) in [6, 6.07) is 2.09. The number of aromatic nitrogens is 1. The average molecular weight is 259 g/mol. The van der Waals surface area contributed by atoms with Gasteiger partial charge in [0, 0.05) is 19.3 Å². The Balaban J connectivity index is 2.64. The second-order valence-electron chi connectivity index (χ2n) is 3.08. The largest absolute Gasteiger partial charge is 0.383 e. The van der Waals surface area contributed by atoms with Crippen molar-refractivity contribution in [2.75, 3.05) is 18.8 Å². The molecular weight excluding hydrogens is 246 g/mol. The Kier molecular flexibility index (Phi) is 4.24. The molecule has 6 N–H and O–H groups in total. The van der Waals surface area contributed by atoms with Crippen LogP contribution in [0.2, 0.25) is 0 Å². The molecular formula is C8H13N5O3S. The number of sulfonamides is 1. The third kappa shape index (κ3) is 3.89. The van der Waals surface area contributed by atoms with E-state index in [1.807, 2.05) is 0 Å². The molecule has 0 radical (unpaired) electrons. The topological polar surface area (TPSA) is 140 Å². The fraction of sp³-hybridized carbons (Fsp3) is 0.250. The summed E-state index contributed by atoms with van der Waals surface area (Å²) < 4.78 is 25.7. The van der Waals surface area contributed by atoms with Crippen LogP contribution in [0.5, 0.6) is 0 Å². The van der Waals surface area contributed by atoms with Crippen molar-refractivity contribution in [1.82, 2.24) is 15.0 Å². The van der Waals surface area contributed by atoms with Crippen molar-refractivity contribution in [3.63, 3.8) is 0 Å². The van der Waals surface area contributed by atoms with Gasteiger partial charge in [0.15, 0.2) is 0 Å². The van der Waals surface area contributed by atoms with Gasteiger partial charge in [-0.1, -0.05) is 0 Å². The number of carbonyl (C=O) groups is 1. The molecule has 0 aliphatic rings. The van der Waals surface area contributed by atoms with Crippen LogP contribution in [0, 0.1) is 0 Å². The van der Waals surface area contributed by atoms with E-state index in [0.717, 1.165) is 0 Å². The first-order valence-corrected chi connectivity index (χ1v) is 6.15. The van der Waals surface area contributed by atoms with Gasteiger partial charge in [0.1, 0.15) is 10.7 Å². The number of amides is 2. The zero-order valence-corrected chi connectivity index (χ0v) is 9.70. The molecule has 1 aromatic heterocycles. The molecule has 0 aliphatic heterocycles. The molecule has 0 aromatic carbocycles. The van der Waals surface area contributed by atoms with Gasteiger partial charge in [0.2, 0.25) is 10.0 Å². The van der Waals surface area contributed by atoms with Crippen LogP contribution >= 0.6 is 0 Å². The van der Waals surface area contributed by atoms with Crippen LogP contribution in [0.1, 0.15) is 0 Å². The first-order valence-electron chi connectivity index (χ1n) is 4.67. The molecule has 1 heterocycles. The van der Waals surface area contributed by atoms with E-state index in [9.17, 15) is 13.2 Å². The SMILES string of the molecule is NC(=O)NCCNS(=O)(=O)c1cccnc1N. The van der Waals surface area contributed by atoms with E-state index in [2.05, 4.69) is 15.0 Å². The van der Waals surface area contributed by atoms with Gasteiger partial charge < -0.3 is 16.8 Å². The number of carbonyl (C=O) groups excluding carboxylic acids is 1. The van der Waals surface area contributed by atoms with Crippen molar-refractivity contribution >= 4 is 21.9 Å². The molecule has 0 unspecified atom stereocenters. The number of rotatable bonds is 5. The number of primary amides is 1. The van der Waals surface area contributed by atoms with Crippen molar-refractivity contribution in [2.24, 2.45) is 5.73 Å². The van der Waals surface area contributed by atoms with E-state index in [1.54, 1.807) is 0 Å². The van der Waals surface area contributed by atoms with E-state index in [-0.39, 0.29) is 23.8 Å². The molecule has 1 rings (SSSR count). The molecule has 0 fully saturated rings. The summed E-state index contributed by atoms with van der Waals surface area (Å²) in [4.78, 5) is 13.9. The van der Waals surface area contributed by atoms with Crippen LogP contribution < -0.4 is 21.5 Å². The Labute approximate surface area is 98.4 Å². The monoisotopic (exact) mass is 259 g/mol. The Hall–Kier alpha value is -1.87. The van der Waals surface area contributed by atoms with Crippen molar-refractivity contribution in [3.8, 4) is 0 Å². The van der Waals surface area contributed by atoms with Gasteiger partial charge in [-0.25, -0.2) is 22.9 Å². The molecule has 9 heteroatoms. The number of anilines is 1. The summed E-state index contributed by atoms with van der Waals surface area (Å²) in [6.07, 6.45) is 1.39. The Morgan fingerprint density at radius 3 is 2.71 bits per heavy atom. The Bertz CT molecular complexity index is 502. The van der Waals surface area contributed by atoms with Gasteiger partial charge in [0.05, 0.1) is 0 Å². The third-order valence-electron chi connectivity index (χ3n) is 1.81. The maximum Gasteiger partial charge on any atom is 0.312 e. The molecule has 0 atom stereocenters. The molecule has 0 aliphatic carbocycles. The summed E-state index contributed by atoms with van der Waals surface area (Å²) in [7, 11) is -3.72. The van der Waals surface area contributed by atoms with Gasteiger partial charge in [-0.2, -0.15) is 0 Å². The number of urea groups is 1. The minimum absolute atomic E-state index is 0.0135. The van der Waals surface area contributed by atoms with Crippen LogP contribution in [-0.2, 0) is 10.0 Å². The fourth-order valence-corrected chi connectivity index (χ4v) is 2.19. The number of hydrogen-bond donors (Lipinski definition) is 4. The molecule has 0 bridgehead atoms. The average Bonchev–Trinajstić information content (AvgIpc) is 2.24. The van der Waals surface area contributed by atoms with E-state index in [0.29, 0.717) is 0 Å². The minimum Gasteiger partial charge on any atom is -0.383 e. The highest BCUT2D eigenvalue weighted by atomic mass is 32.2. The van der Waals surface area contributed by atoms with Crippen LogP contribution in [0.3, 0.4) is 0 Å². The van der Waals surface area contributed by atoms with Crippen molar-refractivity contribution in [2.45, 2.75) is 4.90 Å². The number of hydrogen-bond acceptors (Lipinski definition) is 5. The maximum atomic E-state index is 11.7. The molecule has 2 amide bonds. The summed E-state index contributed by atoms with van der Waals surface area (Å²) >= 11 is 0. The van der Waals surface area contributed by atoms with E-state index < -0.39 is 16.1 Å². The van der Waals surface area contributed by atoms with Crippen LogP contribution in [0.15, 0.2) is 23.2 Å². The number of pyridine rings is 1. The Morgan fingerprint density at radius 2 is 2.12 bits per heavy atom. The highest BCUT2D eigenvalue weighted by Gasteiger charge is 2.16. The first kappa shape index (κ1) is 13.2. The molecule has 0 spiro atoms. The molecule has 0 saturated carbocycles. The fourth-order valence-electron chi connectivity index (χ4n) is 1.08. The quantitative estimate of drug-likeness (QED) is 0.482. The summed E-state index contributed by atoms with van der Waals surface area (Å²) in [5.41, 5.74) is 10.3. The molecule has 17 heavy (non-hydrogen) atoms. The highest BCUT2D eigenvalue weighted by molar-refractivity contribution is 7.89. The van der Waals surface area contributed by atoms with Crippen molar-refractivity contribution in [3.05, 3.63) is 18.3 Å². The second-order valence-corrected chi connectivity index (χ2v) is 4.81. The van der Waals surface area contributed by atoms with Crippen LogP contribution in [0.25, 0.3) is 0 Å². The lowest BCUT2D eigenvalue weighted by atomic mass is 10.5. The third-order valence-corrected chi connectivity index (χ3v) is 3.31. The predicted molar refractivity (Wildman–Crippen MR) is 61.4 cm³/mol. The van der Waals surface area contributed by atoms with Crippen molar-refractivity contribution < 1.29 is 13.2 Å². The molecule has 94 valence electrons. The standard InChI is InChI=1S/C8H13N5O3S/c9-7-6(2-1-3-11-7)17(15,16)13-5-4-12-8(10)14/h1-3,13H,4-5H2,(H2,9,11)(H3,10,12,14). The van der Waals surface area contributed by atoms with E-state index in [4.69, 9.17) is 11.5 Å². The molecule has 1 aromatic rings. The zero-order chi connectivity index (χ0) is 12.9. The lowest BCUT2D eigenvalue weighted by Gasteiger charge is -2.08. The lowest BCUT2D eigenvalue weighted by molar-refractivity contribution is 0.249. The number of nitrogens with zero attached hydrogens (tertiary/aromatic N) is 1. The van der Waals surface area contributed by atoms with Gasteiger partial charge in [-0.05, 0) is 12.1 Å². The molecule has 8 nitrogen and oxygen atoms in total. The second kappa shape index (κ2) is 5.46. The van der Waals surface area contributed by atoms with Gasteiger partial charge in [0.25, 0.3) is 0 Å². The van der Waals surface area contributed by atoms with Crippen LogP contribution in [0.4, 0.5) is 10.6 Å². The normalized spacial score (nSPS) is 11.1. The number of nitrogens with two attached hydrogens (primary N) is 2. The van der Waals surface area contributed by atoms with E-state index >= 15 is 0 Å². The summed E-state index contributed by atoms with van der Waals surface area (Å²) in [5.74, 6) is -0.0807. The highest BCUT2D eigenvalue weighted by Crippen LogP contribution is 2.13.